The smallest absolute Gasteiger partial charge is 0.358 e. The number of rotatable bonds is 4. The normalized spacial score (nSPS) is 10.3. The molecule has 100 valence electrons. The number of nitrogens with zero attached hydrogens (tertiary/aromatic N) is 2. The highest BCUT2D eigenvalue weighted by Crippen LogP contribution is 2.37. The minimum Gasteiger partial charge on any atom is -0.496 e. The van der Waals surface area contributed by atoms with Gasteiger partial charge in [0, 0.05) is 12.6 Å². The summed E-state index contributed by atoms with van der Waals surface area (Å²) in [6.07, 6.45) is 0. The largest absolute Gasteiger partial charge is 0.496 e. The van der Waals surface area contributed by atoms with Gasteiger partial charge in [-0.1, -0.05) is 12.1 Å². The summed E-state index contributed by atoms with van der Waals surface area (Å²) in [5, 5.41) is 13.4. The molecular formula is C13H14N2O4. The molecule has 0 fully saturated rings. The van der Waals surface area contributed by atoms with Gasteiger partial charge in [0.05, 0.1) is 14.2 Å². The van der Waals surface area contributed by atoms with Crippen LogP contribution in [0.25, 0.3) is 11.3 Å². The van der Waals surface area contributed by atoms with Crippen LogP contribution in [0.2, 0.25) is 0 Å². The third-order valence-electron chi connectivity index (χ3n) is 2.77. The van der Waals surface area contributed by atoms with Gasteiger partial charge in [-0.05, 0) is 12.1 Å². The van der Waals surface area contributed by atoms with Crippen LogP contribution in [0.4, 0.5) is 0 Å². The van der Waals surface area contributed by atoms with Crippen LogP contribution >= 0.6 is 0 Å². The fraction of sp³-hybridized carbons (Fsp3) is 0.231. The molecule has 2 rings (SSSR count). The molecule has 0 saturated heterocycles. The maximum absolute atomic E-state index is 11.2. The van der Waals surface area contributed by atoms with Crippen molar-refractivity contribution in [3.05, 3.63) is 30.0 Å². The van der Waals surface area contributed by atoms with E-state index in [1.54, 1.807) is 26.3 Å². The van der Waals surface area contributed by atoms with E-state index in [-0.39, 0.29) is 11.4 Å². The number of para-hydroxylation sites is 1. The third kappa shape index (κ3) is 2.12. The molecule has 0 aliphatic rings. The number of ether oxygens (including phenoxy) is 2. The minimum atomic E-state index is -1.09. The summed E-state index contributed by atoms with van der Waals surface area (Å²) < 4.78 is 11.7. The van der Waals surface area contributed by atoms with Gasteiger partial charge in [-0.15, -0.1) is 0 Å². The Morgan fingerprint density at radius 2 is 1.95 bits per heavy atom. The number of methoxy groups -OCH3 is 2. The molecule has 0 aliphatic carbocycles. The van der Waals surface area contributed by atoms with Crippen LogP contribution in [0.3, 0.4) is 0 Å². The molecule has 0 unspecified atom stereocenters. The van der Waals surface area contributed by atoms with Crippen LogP contribution in [0.1, 0.15) is 10.5 Å². The molecule has 0 saturated carbocycles. The highest BCUT2D eigenvalue weighted by Gasteiger charge is 2.24. The molecule has 1 N–H and O–H groups in total. The number of aromatic nitrogens is 2. The Morgan fingerprint density at radius 1 is 1.26 bits per heavy atom. The number of carboxylic acid groups (broad SMARTS) is 1. The van der Waals surface area contributed by atoms with Crippen LogP contribution in [-0.4, -0.2) is 35.1 Å². The maximum atomic E-state index is 11.2. The van der Waals surface area contributed by atoms with Gasteiger partial charge in [0.15, 0.2) is 11.4 Å². The fourth-order valence-electron chi connectivity index (χ4n) is 1.95. The molecule has 6 heteroatoms. The molecule has 0 atom stereocenters. The molecule has 1 aromatic heterocycles. The number of benzene rings is 1. The summed E-state index contributed by atoms with van der Waals surface area (Å²) in [5.41, 5.74) is 1.13. The number of aryl methyl sites for hydroxylation is 1. The van der Waals surface area contributed by atoms with Gasteiger partial charge in [-0.25, -0.2) is 4.79 Å². The Labute approximate surface area is 110 Å². The zero-order chi connectivity index (χ0) is 14.0. The first kappa shape index (κ1) is 12.9. The lowest BCUT2D eigenvalue weighted by Crippen LogP contribution is -2.06. The van der Waals surface area contributed by atoms with E-state index in [4.69, 9.17) is 9.47 Å². The summed E-state index contributed by atoms with van der Waals surface area (Å²) in [7, 11) is 4.53. The number of carboxylic acids is 1. The molecule has 0 amide bonds. The minimum absolute atomic E-state index is 0.00315. The molecule has 0 bridgehead atoms. The summed E-state index contributed by atoms with van der Waals surface area (Å²) in [6.45, 7) is 0. The molecule has 0 aliphatic heterocycles. The van der Waals surface area contributed by atoms with Crippen molar-refractivity contribution in [2.24, 2.45) is 7.05 Å². The van der Waals surface area contributed by atoms with Crippen molar-refractivity contribution in [3.8, 4) is 22.8 Å². The second kappa shape index (κ2) is 5.01. The standard InChI is InChI=1S/C13H14N2O4/c1-15-11(13(16)17)12(19-3)10(14-15)8-6-4-5-7-9(8)18-2/h4-7H,1-3H3,(H,16,17). The lowest BCUT2D eigenvalue weighted by molar-refractivity contribution is 0.0681. The van der Waals surface area contributed by atoms with Crippen molar-refractivity contribution >= 4 is 5.97 Å². The molecule has 0 radical (unpaired) electrons. The highest BCUT2D eigenvalue weighted by atomic mass is 16.5. The zero-order valence-electron chi connectivity index (χ0n) is 10.9. The van der Waals surface area contributed by atoms with Crippen LogP contribution < -0.4 is 9.47 Å². The molecule has 1 aromatic carbocycles. The summed E-state index contributed by atoms with van der Waals surface area (Å²) in [6, 6.07) is 7.24. The second-order valence-corrected chi connectivity index (χ2v) is 3.86. The van der Waals surface area contributed by atoms with Crippen molar-refractivity contribution in [3.63, 3.8) is 0 Å². The van der Waals surface area contributed by atoms with Gasteiger partial charge in [0.2, 0.25) is 0 Å². The van der Waals surface area contributed by atoms with E-state index in [1.165, 1.54) is 11.8 Å². The van der Waals surface area contributed by atoms with Gasteiger partial charge >= 0.3 is 5.97 Å². The summed E-state index contributed by atoms with van der Waals surface area (Å²) in [4.78, 5) is 11.2. The van der Waals surface area contributed by atoms with Crippen molar-refractivity contribution in [2.45, 2.75) is 0 Å². The predicted molar refractivity (Wildman–Crippen MR) is 68.7 cm³/mol. The number of hydrogen-bond acceptors (Lipinski definition) is 4. The first-order valence-electron chi connectivity index (χ1n) is 5.57. The SMILES string of the molecule is COc1ccccc1-c1nn(C)c(C(=O)O)c1OC. The van der Waals surface area contributed by atoms with Crippen LogP contribution in [0.5, 0.6) is 11.5 Å². The quantitative estimate of drug-likeness (QED) is 0.909. The van der Waals surface area contributed by atoms with Crippen LogP contribution in [0, 0.1) is 0 Å². The Kier molecular flexibility index (Phi) is 3.41. The highest BCUT2D eigenvalue weighted by molar-refractivity contribution is 5.92. The molecule has 0 spiro atoms. The van der Waals surface area contributed by atoms with Gasteiger partial charge in [0.1, 0.15) is 11.4 Å². The van der Waals surface area contributed by atoms with Crippen molar-refractivity contribution in [2.75, 3.05) is 14.2 Å². The maximum Gasteiger partial charge on any atom is 0.358 e. The van der Waals surface area contributed by atoms with E-state index in [0.29, 0.717) is 17.0 Å². The van der Waals surface area contributed by atoms with Crippen molar-refractivity contribution in [1.29, 1.82) is 0 Å². The second-order valence-electron chi connectivity index (χ2n) is 3.86. The van der Waals surface area contributed by atoms with E-state index < -0.39 is 5.97 Å². The molecule has 6 nitrogen and oxygen atoms in total. The Bertz CT molecular complexity index is 619. The van der Waals surface area contributed by atoms with Crippen molar-refractivity contribution in [1.82, 2.24) is 9.78 Å². The van der Waals surface area contributed by atoms with Gasteiger partial charge in [0.25, 0.3) is 0 Å². The average Bonchev–Trinajstić information content (AvgIpc) is 2.75. The predicted octanol–water partition coefficient (Wildman–Crippen LogP) is 1.80. The third-order valence-corrected chi connectivity index (χ3v) is 2.77. The lowest BCUT2D eigenvalue weighted by atomic mass is 10.1. The Morgan fingerprint density at radius 3 is 2.53 bits per heavy atom. The van der Waals surface area contributed by atoms with Gasteiger partial charge in [-0.2, -0.15) is 5.10 Å². The van der Waals surface area contributed by atoms with Gasteiger partial charge in [-0.3, -0.25) is 4.68 Å². The van der Waals surface area contributed by atoms with Crippen LogP contribution in [0.15, 0.2) is 24.3 Å². The molecule has 19 heavy (non-hydrogen) atoms. The zero-order valence-corrected chi connectivity index (χ0v) is 10.9. The molecular weight excluding hydrogens is 248 g/mol. The summed E-state index contributed by atoms with van der Waals surface area (Å²) in [5.74, 6) is -0.261. The monoisotopic (exact) mass is 262 g/mol. The average molecular weight is 262 g/mol. The summed E-state index contributed by atoms with van der Waals surface area (Å²) >= 11 is 0. The fourth-order valence-corrected chi connectivity index (χ4v) is 1.95. The number of aromatic carboxylic acids is 1. The molecule has 2 aromatic rings. The van der Waals surface area contributed by atoms with Crippen LogP contribution in [-0.2, 0) is 7.05 Å². The number of hydrogen-bond donors (Lipinski definition) is 1. The van der Waals surface area contributed by atoms with Gasteiger partial charge < -0.3 is 14.6 Å². The van der Waals surface area contributed by atoms with E-state index >= 15 is 0 Å². The van der Waals surface area contributed by atoms with E-state index in [0.717, 1.165) is 0 Å². The first-order valence-corrected chi connectivity index (χ1v) is 5.57. The lowest BCUT2D eigenvalue weighted by Gasteiger charge is -2.07. The first-order chi connectivity index (χ1) is 9.10. The Balaban J connectivity index is 2.69. The van der Waals surface area contributed by atoms with Crippen molar-refractivity contribution < 1.29 is 19.4 Å². The molecule has 1 heterocycles. The Hall–Kier alpha value is -2.50. The topological polar surface area (TPSA) is 73.6 Å². The van der Waals surface area contributed by atoms with E-state index in [2.05, 4.69) is 5.10 Å². The van der Waals surface area contributed by atoms with E-state index in [1.807, 2.05) is 12.1 Å². The van der Waals surface area contributed by atoms with E-state index in [9.17, 15) is 9.90 Å². The number of carbonyl (C=O) groups is 1.